The fourth-order valence-electron chi connectivity index (χ4n) is 3.46. The highest BCUT2D eigenvalue weighted by Gasteiger charge is 2.14. The van der Waals surface area contributed by atoms with Gasteiger partial charge in [0.25, 0.3) is 5.91 Å². The number of nitrogens with one attached hydrogen (secondary N) is 1. The maximum Gasteiger partial charge on any atom is 0.257 e. The topological polar surface area (TPSA) is 54.5 Å². The number of amides is 1. The molecule has 5 heteroatoms. The Morgan fingerprint density at radius 3 is 2.48 bits per heavy atom. The first-order chi connectivity index (χ1) is 14.3. The summed E-state index contributed by atoms with van der Waals surface area (Å²) in [5.74, 6) is 0.606. The van der Waals surface area contributed by atoms with Crippen molar-refractivity contribution < 1.29 is 9.53 Å². The summed E-state index contributed by atoms with van der Waals surface area (Å²) in [6.45, 7) is 2.57. The van der Waals surface area contributed by atoms with E-state index >= 15 is 0 Å². The molecule has 3 aromatic rings. The molecular formula is C24H25N3O2. The van der Waals surface area contributed by atoms with Crippen molar-refractivity contribution in [3.05, 3.63) is 84.2 Å². The zero-order chi connectivity index (χ0) is 19.9. The Balaban J connectivity index is 1.35. The molecule has 1 aliphatic rings. The van der Waals surface area contributed by atoms with Crippen molar-refractivity contribution in [2.75, 3.05) is 23.3 Å². The van der Waals surface area contributed by atoms with Gasteiger partial charge in [-0.15, -0.1) is 0 Å². The Morgan fingerprint density at radius 1 is 0.966 bits per heavy atom. The van der Waals surface area contributed by atoms with Gasteiger partial charge in [-0.3, -0.25) is 9.78 Å². The first-order valence-corrected chi connectivity index (χ1v) is 10.1. The second-order valence-corrected chi connectivity index (χ2v) is 7.23. The third-order valence-electron chi connectivity index (χ3n) is 5.07. The predicted octanol–water partition coefficient (Wildman–Crippen LogP) is 4.90. The van der Waals surface area contributed by atoms with Gasteiger partial charge in [0.2, 0.25) is 0 Å². The number of anilines is 2. The van der Waals surface area contributed by atoms with Crippen molar-refractivity contribution in [3.8, 4) is 5.75 Å². The molecule has 0 unspecified atom stereocenters. The van der Waals surface area contributed by atoms with Gasteiger partial charge < -0.3 is 15.0 Å². The average molecular weight is 387 g/mol. The summed E-state index contributed by atoms with van der Waals surface area (Å²) in [5.41, 5.74) is 3.43. The van der Waals surface area contributed by atoms with E-state index in [4.69, 9.17) is 4.74 Å². The molecule has 0 aliphatic carbocycles. The monoisotopic (exact) mass is 387 g/mol. The van der Waals surface area contributed by atoms with Gasteiger partial charge in [0.1, 0.15) is 12.4 Å². The number of nitrogens with zero attached hydrogens (tertiary/aromatic N) is 2. The van der Waals surface area contributed by atoms with E-state index in [9.17, 15) is 4.79 Å². The fraction of sp³-hybridized carbons (Fsp3) is 0.250. The Bertz CT molecular complexity index is 936. The highest BCUT2D eigenvalue weighted by molar-refractivity contribution is 6.04. The number of benzene rings is 2. The van der Waals surface area contributed by atoms with Crippen molar-refractivity contribution in [3.63, 3.8) is 0 Å². The van der Waals surface area contributed by atoms with Crippen LogP contribution in [0.15, 0.2) is 73.1 Å². The van der Waals surface area contributed by atoms with E-state index in [2.05, 4.69) is 15.2 Å². The van der Waals surface area contributed by atoms with Gasteiger partial charge in [-0.05, 0) is 55.2 Å². The van der Waals surface area contributed by atoms with Gasteiger partial charge in [-0.1, -0.05) is 30.3 Å². The molecule has 5 nitrogen and oxygen atoms in total. The molecule has 1 aromatic heterocycles. The Labute approximate surface area is 171 Å². The number of carbonyl (C=O) groups is 1. The van der Waals surface area contributed by atoms with Gasteiger partial charge >= 0.3 is 0 Å². The third kappa shape index (κ3) is 5.13. The molecule has 2 heterocycles. The molecule has 0 bridgehead atoms. The molecule has 1 N–H and O–H groups in total. The average Bonchev–Trinajstić information content (AvgIpc) is 2.80. The first kappa shape index (κ1) is 19.0. The quantitative estimate of drug-likeness (QED) is 0.653. The Morgan fingerprint density at radius 2 is 1.72 bits per heavy atom. The minimum Gasteiger partial charge on any atom is -0.489 e. The maximum absolute atomic E-state index is 12.6. The zero-order valence-corrected chi connectivity index (χ0v) is 16.4. The zero-order valence-electron chi connectivity index (χ0n) is 16.4. The number of hydrogen-bond donors (Lipinski definition) is 1. The smallest absolute Gasteiger partial charge is 0.257 e. The number of ether oxygens (including phenoxy) is 1. The highest BCUT2D eigenvalue weighted by atomic mass is 16.5. The molecule has 2 aromatic carbocycles. The number of aromatic nitrogens is 1. The summed E-state index contributed by atoms with van der Waals surface area (Å²) in [6.07, 6.45) is 7.10. The van der Waals surface area contributed by atoms with Crippen LogP contribution in [0.3, 0.4) is 0 Å². The number of carbonyl (C=O) groups excluding carboxylic acids is 1. The van der Waals surface area contributed by atoms with Crippen LogP contribution in [0.4, 0.5) is 11.4 Å². The van der Waals surface area contributed by atoms with Crippen molar-refractivity contribution in [2.24, 2.45) is 0 Å². The number of pyridine rings is 1. The van der Waals surface area contributed by atoms with E-state index in [1.807, 2.05) is 66.9 Å². The van der Waals surface area contributed by atoms with E-state index in [1.54, 1.807) is 6.20 Å². The van der Waals surface area contributed by atoms with E-state index in [1.165, 1.54) is 19.3 Å². The summed E-state index contributed by atoms with van der Waals surface area (Å²) in [6, 6.07) is 19.4. The van der Waals surface area contributed by atoms with Crippen LogP contribution in [0.25, 0.3) is 0 Å². The lowest BCUT2D eigenvalue weighted by molar-refractivity contribution is 0.102. The molecule has 0 radical (unpaired) electrons. The molecule has 1 amide bonds. The molecule has 1 aliphatic heterocycles. The van der Waals surface area contributed by atoms with E-state index < -0.39 is 0 Å². The van der Waals surface area contributed by atoms with Crippen LogP contribution in [-0.2, 0) is 6.61 Å². The lowest BCUT2D eigenvalue weighted by Crippen LogP contribution is -2.29. The third-order valence-corrected chi connectivity index (χ3v) is 5.07. The standard InChI is InChI=1S/C24H25N3O2/c28-24(20-15-22(17-25-16-20)27-13-5-2-6-14-27)26-21-9-11-23(12-10-21)29-18-19-7-3-1-4-8-19/h1,3-4,7-12,15-17H,2,5-6,13-14,18H2,(H,26,28). The highest BCUT2D eigenvalue weighted by Crippen LogP contribution is 2.21. The van der Waals surface area contributed by atoms with E-state index in [0.717, 1.165) is 35.8 Å². The van der Waals surface area contributed by atoms with Gasteiger partial charge in [0.15, 0.2) is 0 Å². The molecular weight excluding hydrogens is 362 g/mol. The second-order valence-electron chi connectivity index (χ2n) is 7.23. The van der Waals surface area contributed by atoms with Crippen molar-refractivity contribution >= 4 is 17.3 Å². The first-order valence-electron chi connectivity index (χ1n) is 10.1. The molecule has 4 rings (SSSR count). The van der Waals surface area contributed by atoms with Gasteiger partial charge in [0.05, 0.1) is 17.4 Å². The molecule has 1 saturated heterocycles. The lowest BCUT2D eigenvalue weighted by Gasteiger charge is -2.28. The summed E-state index contributed by atoms with van der Waals surface area (Å²) in [4.78, 5) is 19.2. The summed E-state index contributed by atoms with van der Waals surface area (Å²) < 4.78 is 5.79. The second kappa shape index (κ2) is 9.24. The molecule has 148 valence electrons. The van der Waals surface area contributed by atoms with Crippen LogP contribution >= 0.6 is 0 Å². The number of piperidine rings is 1. The van der Waals surface area contributed by atoms with Crippen LogP contribution in [0.2, 0.25) is 0 Å². The lowest BCUT2D eigenvalue weighted by atomic mass is 10.1. The Kier molecular flexibility index (Phi) is 6.05. The van der Waals surface area contributed by atoms with Gasteiger partial charge in [-0.2, -0.15) is 0 Å². The summed E-state index contributed by atoms with van der Waals surface area (Å²) in [7, 11) is 0. The molecule has 29 heavy (non-hydrogen) atoms. The van der Waals surface area contributed by atoms with Crippen molar-refractivity contribution in [1.29, 1.82) is 0 Å². The van der Waals surface area contributed by atoms with Gasteiger partial charge in [0, 0.05) is 25.0 Å². The summed E-state index contributed by atoms with van der Waals surface area (Å²) >= 11 is 0. The maximum atomic E-state index is 12.6. The summed E-state index contributed by atoms with van der Waals surface area (Å²) in [5, 5.41) is 2.94. The van der Waals surface area contributed by atoms with E-state index in [0.29, 0.717) is 12.2 Å². The molecule has 0 saturated carbocycles. The molecule has 0 atom stereocenters. The normalized spacial score (nSPS) is 13.7. The molecule has 0 spiro atoms. The molecule has 1 fully saturated rings. The van der Waals surface area contributed by atoms with Crippen LogP contribution in [-0.4, -0.2) is 24.0 Å². The predicted molar refractivity (Wildman–Crippen MR) is 115 cm³/mol. The minimum absolute atomic E-state index is 0.158. The fourth-order valence-corrected chi connectivity index (χ4v) is 3.46. The largest absolute Gasteiger partial charge is 0.489 e. The van der Waals surface area contributed by atoms with Crippen LogP contribution in [0.5, 0.6) is 5.75 Å². The van der Waals surface area contributed by atoms with Crippen LogP contribution in [0.1, 0.15) is 35.2 Å². The van der Waals surface area contributed by atoms with Crippen molar-refractivity contribution in [2.45, 2.75) is 25.9 Å². The van der Waals surface area contributed by atoms with E-state index in [-0.39, 0.29) is 5.91 Å². The number of hydrogen-bond acceptors (Lipinski definition) is 4. The van der Waals surface area contributed by atoms with Crippen molar-refractivity contribution in [1.82, 2.24) is 4.98 Å². The van der Waals surface area contributed by atoms with Gasteiger partial charge in [-0.25, -0.2) is 0 Å². The number of rotatable bonds is 6. The minimum atomic E-state index is -0.158. The Hall–Kier alpha value is -3.34. The van der Waals surface area contributed by atoms with Crippen LogP contribution in [0, 0.1) is 0 Å². The van der Waals surface area contributed by atoms with Crippen LogP contribution < -0.4 is 15.0 Å². The SMILES string of the molecule is O=C(Nc1ccc(OCc2ccccc2)cc1)c1cncc(N2CCCCC2)c1.